The van der Waals surface area contributed by atoms with Gasteiger partial charge in [0.25, 0.3) is 0 Å². The molecule has 20 heavy (non-hydrogen) atoms. The molecular formula is C14H12Cl2N2OS. The summed E-state index contributed by atoms with van der Waals surface area (Å²) in [6.07, 6.45) is 1.49. The molecule has 6 heteroatoms. The van der Waals surface area contributed by atoms with E-state index < -0.39 is 0 Å². The lowest BCUT2D eigenvalue weighted by molar-refractivity contribution is -0.115. The van der Waals surface area contributed by atoms with Crippen molar-refractivity contribution in [3.8, 4) is 0 Å². The van der Waals surface area contributed by atoms with Gasteiger partial charge in [0.15, 0.2) is 0 Å². The second-order valence-corrected chi connectivity index (χ2v) is 6.35. The van der Waals surface area contributed by atoms with Gasteiger partial charge in [0.2, 0.25) is 5.91 Å². The number of pyridine rings is 1. The highest BCUT2D eigenvalue weighted by Gasteiger charge is 2.14. The molecule has 2 rings (SSSR count). The van der Waals surface area contributed by atoms with Crippen LogP contribution in [0.25, 0.3) is 0 Å². The van der Waals surface area contributed by atoms with E-state index in [1.54, 1.807) is 24.3 Å². The molecule has 2 aromatic rings. The lowest BCUT2D eigenvalue weighted by Crippen LogP contribution is -2.22. The Morgan fingerprint density at radius 2 is 1.80 bits per heavy atom. The number of carbonyl (C=O) groups excluding carboxylic acids is 1. The number of nitrogens with zero attached hydrogens (tertiary/aromatic N) is 1. The molecule has 0 unspecified atom stereocenters. The van der Waals surface area contributed by atoms with Crippen LogP contribution in [0.15, 0.2) is 47.5 Å². The van der Waals surface area contributed by atoms with Crippen LogP contribution in [0.5, 0.6) is 0 Å². The third kappa shape index (κ3) is 4.40. The zero-order valence-corrected chi connectivity index (χ0v) is 13.0. The van der Waals surface area contributed by atoms with Crippen LogP contribution in [0.2, 0.25) is 10.0 Å². The van der Waals surface area contributed by atoms with Crippen LogP contribution >= 0.6 is 35.0 Å². The van der Waals surface area contributed by atoms with Gasteiger partial charge in [-0.05, 0) is 43.3 Å². The third-order valence-corrected chi connectivity index (χ3v) is 4.06. The van der Waals surface area contributed by atoms with Crippen molar-refractivity contribution in [3.63, 3.8) is 0 Å². The van der Waals surface area contributed by atoms with Crippen LogP contribution in [0.4, 0.5) is 5.82 Å². The van der Waals surface area contributed by atoms with E-state index in [0.717, 1.165) is 4.90 Å². The summed E-state index contributed by atoms with van der Waals surface area (Å²) in [6, 6.07) is 10.7. The molecule has 0 aliphatic rings. The van der Waals surface area contributed by atoms with Crippen molar-refractivity contribution in [1.82, 2.24) is 4.98 Å². The van der Waals surface area contributed by atoms with Crippen LogP contribution < -0.4 is 5.32 Å². The van der Waals surface area contributed by atoms with Crippen molar-refractivity contribution in [2.45, 2.75) is 17.1 Å². The minimum Gasteiger partial charge on any atom is -0.310 e. The van der Waals surface area contributed by atoms with Crippen LogP contribution in [0, 0.1) is 0 Å². The number of rotatable bonds is 4. The largest absolute Gasteiger partial charge is 0.310 e. The van der Waals surface area contributed by atoms with E-state index >= 15 is 0 Å². The Labute approximate surface area is 131 Å². The summed E-state index contributed by atoms with van der Waals surface area (Å²) in [6.45, 7) is 1.84. The molecule has 1 amide bonds. The minimum atomic E-state index is -0.242. The van der Waals surface area contributed by atoms with Crippen molar-refractivity contribution >= 4 is 46.7 Å². The topological polar surface area (TPSA) is 42.0 Å². The molecule has 0 fully saturated rings. The normalized spacial score (nSPS) is 11.9. The molecular weight excluding hydrogens is 315 g/mol. The number of carbonyl (C=O) groups is 1. The van der Waals surface area contributed by atoms with Gasteiger partial charge in [-0.25, -0.2) is 4.98 Å². The number of amides is 1. The maximum atomic E-state index is 12.0. The van der Waals surface area contributed by atoms with Gasteiger partial charge < -0.3 is 5.32 Å². The van der Waals surface area contributed by atoms with Gasteiger partial charge in [0.1, 0.15) is 5.82 Å². The van der Waals surface area contributed by atoms with Gasteiger partial charge in [0.05, 0.1) is 10.3 Å². The van der Waals surface area contributed by atoms with E-state index in [2.05, 4.69) is 10.3 Å². The lowest BCUT2D eigenvalue weighted by Gasteiger charge is -2.11. The second kappa shape index (κ2) is 6.97. The maximum absolute atomic E-state index is 12.0. The average molecular weight is 327 g/mol. The first-order valence-corrected chi connectivity index (χ1v) is 7.53. The smallest absolute Gasteiger partial charge is 0.238 e. The monoisotopic (exact) mass is 326 g/mol. The Hall–Kier alpha value is -1.23. The first-order chi connectivity index (χ1) is 9.54. The Morgan fingerprint density at radius 1 is 1.15 bits per heavy atom. The van der Waals surface area contributed by atoms with E-state index in [1.807, 2.05) is 19.1 Å². The van der Waals surface area contributed by atoms with E-state index in [1.165, 1.54) is 18.0 Å². The Morgan fingerprint density at radius 3 is 2.40 bits per heavy atom. The maximum Gasteiger partial charge on any atom is 0.238 e. The van der Waals surface area contributed by atoms with Crippen LogP contribution in [-0.4, -0.2) is 16.1 Å². The molecule has 0 aliphatic carbocycles. The molecule has 104 valence electrons. The molecule has 1 heterocycles. The highest BCUT2D eigenvalue weighted by atomic mass is 35.5. The zero-order chi connectivity index (χ0) is 14.5. The number of nitrogens with one attached hydrogen (secondary N) is 1. The molecule has 0 bridgehead atoms. The SMILES string of the molecule is C[C@H](Sc1ccc(Cl)cc1)C(=O)Nc1ccc(Cl)cn1. The standard InChI is InChI=1S/C14H12Cl2N2OS/c1-9(20-12-5-2-10(15)3-6-12)14(19)18-13-7-4-11(16)8-17-13/h2-9H,1H3,(H,17,18,19)/t9-/m0/s1. The number of anilines is 1. The van der Waals surface area contributed by atoms with E-state index in [-0.39, 0.29) is 11.2 Å². The lowest BCUT2D eigenvalue weighted by atomic mass is 10.4. The van der Waals surface area contributed by atoms with Crippen molar-refractivity contribution in [1.29, 1.82) is 0 Å². The predicted molar refractivity (Wildman–Crippen MR) is 84.6 cm³/mol. The molecule has 3 nitrogen and oxygen atoms in total. The fourth-order valence-electron chi connectivity index (χ4n) is 1.45. The molecule has 0 saturated carbocycles. The fraction of sp³-hybridized carbons (Fsp3) is 0.143. The van der Waals surface area contributed by atoms with Crippen LogP contribution in [-0.2, 0) is 4.79 Å². The Kier molecular flexibility index (Phi) is 5.29. The first-order valence-electron chi connectivity index (χ1n) is 5.89. The number of thioether (sulfide) groups is 1. The Balaban J connectivity index is 1.94. The van der Waals surface area contributed by atoms with Crippen molar-refractivity contribution in [2.75, 3.05) is 5.32 Å². The van der Waals surface area contributed by atoms with Crippen LogP contribution in [0.3, 0.4) is 0 Å². The predicted octanol–water partition coefficient (Wildman–Crippen LogP) is 4.51. The summed E-state index contributed by atoms with van der Waals surface area (Å²) in [5.41, 5.74) is 0. The molecule has 0 saturated heterocycles. The van der Waals surface area contributed by atoms with Gasteiger partial charge in [0, 0.05) is 16.1 Å². The molecule has 1 aromatic carbocycles. The van der Waals surface area contributed by atoms with Crippen molar-refractivity contribution in [3.05, 3.63) is 52.6 Å². The molecule has 1 N–H and O–H groups in total. The summed E-state index contributed by atoms with van der Waals surface area (Å²) in [4.78, 5) is 17.1. The fourth-order valence-corrected chi connectivity index (χ4v) is 2.55. The zero-order valence-electron chi connectivity index (χ0n) is 10.6. The Bertz CT molecular complexity index is 587. The minimum absolute atomic E-state index is 0.111. The van der Waals surface area contributed by atoms with E-state index in [4.69, 9.17) is 23.2 Å². The molecule has 0 radical (unpaired) electrons. The quantitative estimate of drug-likeness (QED) is 0.840. The summed E-state index contributed by atoms with van der Waals surface area (Å²) in [5.74, 6) is 0.378. The van der Waals surface area contributed by atoms with Crippen LogP contribution in [0.1, 0.15) is 6.92 Å². The van der Waals surface area contributed by atoms with Crippen molar-refractivity contribution in [2.24, 2.45) is 0 Å². The summed E-state index contributed by atoms with van der Waals surface area (Å²) in [5, 5.41) is 3.71. The van der Waals surface area contributed by atoms with E-state index in [9.17, 15) is 4.79 Å². The van der Waals surface area contributed by atoms with Gasteiger partial charge in [-0.15, -0.1) is 11.8 Å². The van der Waals surface area contributed by atoms with Gasteiger partial charge >= 0.3 is 0 Å². The molecule has 0 aliphatic heterocycles. The number of benzene rings is 1. The van der Waals surface area contributed by atoms with Gasteiger partial charge in [-0.2, -0.15) is 0 Å². The second-order valence-electron chi connectivity index (χ2n) is 4.06. The van der Waals surface area contributed by atoms with Crippen molar-refractivity contribution < 1.29 is 4.79 Å². The number of hydrogen-bond donors (Lipinski definition) is 1. The highest BCUT2D eigenvalue weighted by molar-refractivity contribution is 8.00. The van der Waals surface area contributed by atoms with E-state index in [0.29, 0.717) is 15.9 Å². The third-order valence-electron chi connectivity index (χ3n) is 2.47. The number of halogens is 2. The molecule has 1 aromatic heterocycles. The summed E-state index contributed by atoms with van der Waals surface area (Å²) < 4.78 is 0. The van der Waals surface area contributed by atoms with Gasteiger partial charge in [-0.3, -0.25) is 4.79 Å². The summed E-state index contributed by atoms with van der Waals surface area (Å²) >= 11 is 13.0. The molecule has 1 atom stereocenters. The van der Waals surface area contributed by atoms with Gasteiger partial charge in [-0.1, -0.05) is 23.2 Å². The molecule has 0 spiro atoms. The first kappa shape index (κ1) is 15.2. The number of aromatic nitrogens is 1. The average Bonchev–Trinajstić information content (AvgIpc) is 2.44. The summed E-state index contributed by atoms with van der Waals surface area (Å²) in [7, 11) is 0. The number of hydrogen-bond acceptors (Lipinski definition) is 3. The highest BCUT2D eigenvalue weighted by Crippen LogP contribution is 2.25.